The van der Waals surface area contributed by atoms with Crippen LogP contribution in [0.5, 0.6) is 0 Å². The minimum absolute atomic E-state index is 0.0200. The normalized spacial score (nSPS) is 17.7. The summed E-state index contributed by atoms with van der Waals surface area (Å²) >= 11 is 0. The van der Waals surface area contributed by atoms with Crippen LogP contribution in [-0.2, 0) is 0 Å². The highest BCUT2D eigenvalue weighted by molar-refractivity contribution is 6.05. The molecule has 1 saturated heterocycles. The van der Waals surface area contributed by atoms with Crippen molar-refractivity contribution in [3.63, 3.8) is 0 Å². The molecule has 2 aromatic rings. The molecule has 0 aromatic carbocycles. The molecule has 2 aliphatic rings. The van der Waals surface area contributed by atoms with Gasteiger partial charge in [-0.2, -0.15) is 0 Å². The molecular weight excluding hydrogens is 368 g/mol. The molecule has 2 N–H and O–H groups in total. The first-order chi connectivity index (χ1) is 13.8. The second kappa shape index (κ2) is 7.35. The van der Waals surface area contributed by atoms with Crippen LogP contribution in [0, 0.1) is 5.41 Å². The number of pyridine rings is 2. The third-order valence-corrected chi connectivity index (χ3v) is 5.08. The lowest BCUT2D eigenvalue weighted by Gasteiger charge is -2.35. The van der Waals surface area contributed by atoms with Crippen molar-refractivity contribution in [2.75, 3.05) is 34.8 Å². The van der Waals surface area contributed by atoms with Crippen LogP contribution in [0.1, 0.15) is 37.7 Å². The summed E-state index contributed by atoms with van der Waals surface area (Å²) in [4.78, 5) is 38.3. The van der Waals surface area contributed by atoms with Crippen molar-refractivity contribution >= 4 is 29.3 Å². The zero-order valence-electron chi connectivity index (χ0n) is 17.0. The van der Waals surface area contributed by atoms with Crippen LogP contribution in [0.3, 0.4) is 0 Å². The highest BCUT2D eigenvalue weighted by Gasteiger charge is 2.40. The fourth-order valence-corrected chi connectivity index (χ4v) is 3.64. The number of urea groups is 1. The minimum Gasteiger partial charge on any atom is -0.366 e. The van der Waals surface area contributed by atoms with Crippen molar-refractivity contribution in [2.24, 2.45) is 5.41 Å². The van der Waals surface area contributed by atoms with Gasteiger partial charge >= 0.3 is 6.03 Å². The van der Waals surface area contributed by atoms with Crippen LogP contribution >= 0.6 is 0 Å². The third-order valence-electron chi connectivity index (χ3n) is 5.08. The maximum absolute atomic E-state index is 13.1. The number of nitrogens with one attached hydrogen (secondary N) is 2. The smallest absolute Gasteiger partial charge is 0.329 e. The lowest BCUT2D eigenvalue weighted by Crippen LogP contribution is -2.48. The standard InChI is InChI=1S/C21H26N6O2/c1-21(2,3)13-23-19(28)15-7-8-16-18(24-15)27(14-9-11-26(16)12-14)20(29)25-17-6-4-5-10-22-17/h4-8,10,14H,9,11-13H2,1-3H3,(H,23,28)(H,22,25,29)/t14-/m0/s1. The molecule has 4 rings (SSSR count). The molecule has 8 nitrogen and oxygen atoms in total. The Morgan fingerprint density at radius 3 is 2.76 bits per heavy atom. The number of fused-ring (bicyclic) bond motifs is 4. The average Bonchev–Trinajstić information content (AvgIpc) is 3.10. The minimum atomic E-state index is -0.281. The van der Waals surface area contributed by atoms with Crippen LogP contribution in [0.25, 0.3) is 0 Å². The number of aromatic nitrogens is 2. The summed E-state index contributed by atoms with van der Waals surface area (Å²) in [6.07, 6.45) is 2.49. The summed E-state index contributed by atoms with van der Waals surface area (Å²) in [5.41, 5.74) is 1.16. The van der Waals surface area contributed by atoms with E-state index in [2.05, 4.69) is 46.3 Å². The van der Waals surface area contributed by atoms with E-state index in [0.717, 1.165) is 25.2 Å². The molecule has 0 aliphatic carbocycles. The lowest BCUT2D eigenvalue weighted by atomic mass is 9.97. The van der Waals surface area contributed by atoms with Crippen molar-refractivity contribution in [2.45, 2.75) is 33.2 Å². The van der Waals surface area contributed by atoms with E-state index < -0.39 is 0 Å². The van der Waals surface area contributed by atoms with Gasteiger partial charge in [0, 0.05) is 25.8 Å². The van der Waals surface area contributed by atoms with Crippen molar-refractivity contribution in [3.8, 4) is 0 Å². The van der Waals surface area contributed by atoms with E-state index in [1.54, 1.807) is 29.3 Å². The predicted molar refractivity (Wildman–Crippen MR) is 112 cm³/mol. The Balaban J connectivity index is 1.62. The van der Waals surface area contributed by atoms with Gasteiger partial charge in [0.25, 0.3) is 5.91 Å². The van der Waals surface area contributed by atoms with Gasteiger partial charge in [0.05, 0.1) is 11.7 Å². The highest BCUT2D eigenvalue weighted by atomic mass is 16.2. The van der Waals surface area contributed by atoms with Crippen molar-refractivity contribution in [1.29, 1.82) is 0 Å². The zero-order chi connectivity index (χ0) is 20.6. The number of carbonyl (C=O) groups is 2. The summed E-state index contributed by atoms with van der Waals surface area (Å²) in [7, 11) is 0. The number of hydrogen-bond donors (Lipinski definition) is 2. The van der Waals surface area contributed by atoms with Gasteiger partial charge in [-0.3, -0.25) is 15.0 Å². The van der Waals surface area contributed by atoms with Gasteiger partial charge in [-0.05, 0) is 36.1 Å². The number of anilines is 3. The Labute approximate surface area is 170 Å². The molecule has 2 bridgehead atoms. The van der Waals surface area contributed by atoms with Gasteiger partial charge in [0.15, 0.2) is 5.82 Å². The SMILES string of the molecule is CC(C)(C)CNC(=O)c1ccc2c(n1)N(C(=O)Nc1ccccn1)[C@H]1CCN2C1. The summed E-state index contributed by atoms with van der Waals surface area (Å²) in [6.45, 7) is 8.35. The van der Waals surface area contributed by atoms with Crippen LogP contribution in [0.15, 0.2) is 36.5 Å². The molecule has 1 fully saturated rings. The summed E-state index contributed by atoms with van der Waals surface area (Å²) in [5, 5.41) is 5.77. The Bertz CT molecular complexity index is 925. The highest BCUT2D eigenvalue weighted by Crippen LogP contribution is 2.39. The quantitative estimate of drug-likeness (QED) is 0.835. The summed E-state index contributed by atoms with van der Waals surface area (Å²) in [5.74, 6) is 0.773. The van der Waals surface area contributed by atoms with Crippen LogP contribution in [0.2, 0.25) is 0 Å². The first-order valence-corrected chi connectivity index (χ1v) is 9.87. The van der Waals surface area contributed by atoms with Crippen LogP contribution < -0.4 is 20.4 Å². The van der Waals surface area contributed by atoms with Gasteiger partial charge in [0.2, 0.25) is 0 Å². The molecule has 2 aliphatic heterocycles. The number of amides is 3. The molecule has 0 radical (unpaired) electrons. The number of rotatable bonds is 3. The van der Waals surface area contributed by atoms with Crippen molar-refractivity contribution < 1.29 is 9.59 Å². The first kappa shape index (κ1) is 19.2. The molecule has 0 spiro atoms. The Morgan fingerprint density at radius 1 is 1.21 bits per heavy atom. The molecule has 3 amide bonds. The van der Waals surface area contributed by atoms with Crippen LogP contribution in [-0.4, -0.2) is 47.6 Å². The van der Waals surface area contributed by atoms with Crippen molar-refractivity contribution in [1.82, 2.24) is 15.3 Å². The van der Waals surface area contributed by atoms with E-state index >= 15 is 0 Å². The monoisotopic (exact) mass is 394 g/mol. The number of carbonyl (C=O) groups excluding carboxylic acids is 2. The molecule has 29 heavy (non-hydrogen) atoms. The fraction of sp³-hybridized carbons (Fsp3) is 0.429. The Hall–Kier alpha value is -3.16. The molecule has 8 heteroatoms. The summed E-state index contributed by atoms with van der Waals surface area (Å²) in [6, 6.07) is 8.71. The van der Waals surface area contributed by atoms with Gasteiger partial charge in [0.1, 0.15) is 11.5 Å². The van der Waals surface area contributed by atoms with E-state index in [9.17, 15) is 9.59 Å². The molecule has 0 unspecified atom stereocenters. The van der Waals surface area contributed by atoms with Crippen molar-refractivity contribution in [3.05, 3.63) is 42.2 Å². The summed E-state index contributed by atoms with van der Waals surface area (Å²) < 4.78 is 0. The van der Waals surface area contributed by atoms with E-state index in [1.165, 1.54) is 0 Å². The predicted octanol–water partition coefficient (Wildman–Crippen LogP) is 2.88. The Morgan fingerprint density at radius 2 is 2.03 bits per heavy atom. The molecule has 0 saturated carbocycles. The Kier molecular flexibility index (Phi) is 4.86. The lowest BCUT2D eigenvalue weighted by molar-refractivity contribution is 0.0934. The number of nitrogens with zero attached hydrogens (tertiary/aromatic N) is 4. The number of hydrogen-bond acceptors (Lipinski definition) is 5. The zero-order valence-corrected chi connectivity index (χ0v) is 17.0. The van der Waals surface area contributed by atoms with E-state index in [-0.39, 0.29) is 23.4 Å². The molecular formula is C21H26N6O2. The van der Waals surface area contributed by atoms with Gasteiger partial charge in [-0.15, -0.1) is 0 Å². The molecule has 4 heterocycles. The van der Waals surface area contributed by atoms with E-state index in [1.807, 2.05) is 12.1 Å². The second-order valence-electron chi connectivity index (χ2n) is 8.69. The first-order valence-electron chi connectivity index (χ1n) is 9.87. The van der Waals surface area contributed by atoms with Gasteiger partial charge < -0.3 is 10.2 Å². The maximum Gasteiger partial charge on any atom is 0.329 e. The second-order valence-corrected chi connectivity index (χ2v) is 8.69. The van der Waals surface area contributed by atoms with Crippen LogP contribution in [0.4, 0.5) is 22.1 Å². The molecule has 152 valence electrons. The molecule has 1 atom stereocenters. The van der Waals surface area contributed by atoms with Gasteiger partial charge in [-0.1, -0.05) is 26.8 Å². The topological polar surface area (TPSA) is 90.5 Å². The molecule has 2 aromatic heterocycles. The van der Waals surface area contributed by atoms with E-state index in [4.69, 9.17) is 0 Å². The van der Waals surface area contributed by atoms with E-state index in [0.29, 0.717) is 23.9 Å². The maximum atomic E-state index is 13.1. The third kappa shape index (κ3) is 4.01. The average molecular weight is 394 g/mol. The van der Waals surface area contributed by atoms with Gasteiger partial charge in [-0.25, -0.2) is 14.8 Å². The largest absolute Gasteiger partial charge is 0.366 e. The fourth-order valence-electron chi connectivity index (χ4n) is 3.64.